The highest BCUT2D eigenvalue weighted by Gasteiger charge is 2.05. The van der Waals surface area contributed by atoms with Crippen molar-refractivity contribution in [2.24, 2.45) is 5.73 Å². The first-order chi connectivity index (χ1) is 9.06. The first-order valence-corrected chi connectivity index (χ1v) is 5.57. The maximum absolute atomic E-state index is 13.3. The van der Waals surface area contributed by atoms with Crippen LogP contribution in [0.25, 0.3) is 0 Å². The van der Waals surface area contributed by atoms with E-state index in [4.69, 9.17) is 15.9 Å². The van der Waals surface area contributed by atoms with Crippen LogP contribution in [-0.4, -0.2) is 5.84 Å². The lowest BCUT2D eigenvalue weighted by atomic mass is 10.1. The fourth-order valence-corrected chi connectivity index (χ4v) is 1.53. The van der Waals surface area contributed by atoms with Gasteiger partial charge in [0.1, 0.15) is 18.3 Å². The lowest BCUT2D eigenvalue weighted by molar-refractivity contribution is 0.288. The van der Waals surface area contributed by atoms with E-state index in [9.17, 15) is 8.78 Å². The molecule has 0 unspecified atom stereocenters. The molecule has 0 spiro atoms. The molecule has 5 heteroatoms. The van der Waals surface area contributed by atoms with Gasteiger partial charge in [-0.1, -0.05) is 24.3 Å². The Morgan fingerprint density at radius 2 is 1.79 bits per heavy atom. The van der Waals surface area contributed by atoms with Crippen LogP contribution in [0.3, 0.4) is 0 Å². The summed E-state index contributed by atoms with van der Waals surface area (Å²) in [7, 11) is 0. The zero-order valence-electron chi connectivity index (χ0n) is 9.99. The minimum atomic E-state index is -0.609. The number of hydrogen-bond acceptors (Lipinski definition) is 2. The lowest BCUT2D eigenvalue weighted by Crippen LogP contribution is -2.10. The average molecular weight is 262 g/mol. The molecule has 0 fully saturated rings. The van der Waals surface area contributed by atoms with Crippen molar-refractivity contribution in [3.63, 3.8) is 0 Å². The highest BCUT2D eigenvalue weighted by Crippen LogP contribution is 2.19. The maximum Gasteiger partial charge on any atom is 0.165 e. The summed E-state index contributed by atoms with van der Waals surface area (Å²) in [5.74, 6) is -1.32. The third kappa shape index (κ3) is 3.28. The molecule has 0 saturated heterocycles. The van der Waals surface area contributed by atoms with E-state index in [2.05, 4.69) is 0 Å². The fraction of sp³-hybridized carbons (Fsp3) is 0.0714. The molecule has 2 aromatic carbocycles. The molecule has 19 heavy (non-hydrogen) atoms. The molecular weight excluding hydrogens is 250 g/mol. The van der Waals surface area contributed by atoms with Gasteiger partial charge in [0.15, 0.2) is 11.6 Å². The first-order valence-electron chi connectivity index (χ1n) is 5.57. The third-order valence-electron chi connectivity index (χ3n) is 2.55. The van der Waals surface area contributed by atoms with Crippen molar-refractivity contribution in [2.45, 2.75) is 6.61 Å². The smallest absolute Gasteiger partial charge is 0.165 e. The van der Waals surface area contributed by atoms with Crippen LogP contribution >= 0.6 is 0 Å². The van der Waals surface area contributed by atoms with E-state index in [0.29, 0.717) is 5.56 Å². The van der Waals surface area contributed by atoms with Gasteiger partial charge in [-0.15, -0.1) is 0 Å². The molecule has 0 heterocycles. The number of hydrogen-bond donors (Lipinski definition) is 2. The number of halogens is 2. The van der Waals surface area contributed by atoms with Crippen molar-refractivity contribution >= 4 is 5.84 Å². The van der Waals surface area contributed by atoms with Gasteiger partial charge < -0.3 is 10.5 Å². The van der Waals surface area contributed by atoms with Crippen LogP contribution in [0.2, 0.25) is 0 Å². The zero-order valence-corrected chi connectivity index (χ0v) is 9.99. The molecule has 0 radical (unpaired) electrons. The Morgan fingerprint density at radius 3 is 2.42 bits per heavy atom. The van der Waals surface area contributed by atoms with Gasteiger partial charge in [-0.3, -0.25) is 5.41 Å². The summed E-state index contributed by atoms with van der Waals surface area (Å²) >= 11 is 0. The van der Waals surface area contributed by atoms with Crippen molar-refractivity contribution < 1.29 is 13.5 Å². The molecule has 0 aliphatic carbocycles. The molecule has 0 amide bonds. The first kappa shape index (κ1) is 13.0. The average Bonchev–Trinajstić information content (AvgIpc) is 2.40. The van der Waals surface area contributed by atoms with E-state index in [1.54, 1.807) is 24.3 Å². The molecular formula is C14H12F2N2O. The van der Waals surface area contributed by atoms with Crippen molar-refractivity contribution in [2.75, 3.05) is 0 Å². The Kier molecular flexibility index (Phi) is 3.75. The SMILES string of the molecule is N=C(N)c1ccc(COc2cc(F)ccc2F)cc1. The van der Waals surface area contributed by atoms with Gasteiger partial charge in [-0.25, -0.2) is 8.78 Å². The van der Waals surface area contributed by atoms with Gasteiger partial charge in [0.05, 0.1) is 0 Å². The summed E-state index contributed by atoms with van der Waals surface area (Å²) < 4.78 is 31.4. The van der Waals surface area contributed by atoms with Gasteiger partial charge in [-0.05, 0) is 17.7 Å². The Labute approximate surface area is 109 Å². The summed E-state index contributed by atoms with van der Waals surface area (Å²) in [6.45, 7) is 0.110. The molecule has 0 atom stereocenters. The normalized spacial score (nSPS) is 10.2. The van der Waals surface area contributed by atoms with Gasteiger partial charge in [0.2, 0.25) is 0 Å². The number of nitrogens with one attached hydrogen (secondary N) is 1. The highest BCUT2D eigenvalue weighted by atomic mass is 19.1. The second kappa shape index (κ2) is 5.48. The van der Waals surface area contributed by atoms with Gasteiger partial charge in [0.25, 0.3) is 0 Å². The minimum Gasteiger partial charge on any atom is -0.486 e. The van der Waals surface area contributed by atoms with Crippen LogP contribution in [0.15, 0.2) is 42.5 Å². The predicted octanol–water partition coefficient (Wildman–Crippen LogP) is 2.83. The maximum atomic E-state index is 13.3. The summed E-state index contributed by atoms with van der Waals surface area (Å²) in [6, 6.07) is 9.82. The number of amidine groups is 1. The van der Waals surface area contributed by atoms with E-state index >= 15 is 0 Å². The van der Waals surface area contributed by atoms with Gasteiger partial charge >= 0.3 is 0 Å². The quantitative estimate of drug-likeness (QED) is 0.657. The number of rotatable bonds is 4. The van der Waals surface area contributed by atoms with Crippen LogP contribution in [0.4, 0.5) is 8.78 Å². The summed E-state index contributed by atoms with van der Waals surface area (Å²) in [5, 5.41) is 7.25. The number of nitrogens with two attached hydrogens (primary N) is 1. The molecule has 0 aliphatic heterocycles. The van der Waals surface area contributed by atoms with Crippen molar-refractivity contribution in [1.82, 2.24) is 0 Å². The second-order valence-corrected chi connectivity index (χ2v) is 3.97. The zero-order chi connectivity index (χ0) is 13.8. The van der Waals surface area contributed by atoms with E-state index < -0.39 is 11.6 Å². The number of nitrogen functional groups attached to an aromatic ring is 1. The highest BCUT2D eigenvalue weighted by molar-refractivity contribution is 5.94. The van der Waals surface area contributed by atoms with Crippen LogP contribution in [0.5, 0.6) is 5.75 Å². The van der Waals surface area contributed by atoms with E-state index in [0.717, 1.165) is 23.8 Å². The Balaban J connectivity index is 2.06. The molecule has 0 bridgehead atoms. The molecule has 0 aromatic heterocycles. The number of ether oxygens (including phenoxy) is 1. The van der Waals surface area contributed by atoms with Crippen LogP contribution in [-0.2, 0) is 6.61 Å². The molecule has 0 saturated carbocycles. The van der Waals surface area contributed by atoms with Crippen molar-refractivity contribution in [3.05, 3.63) is 65.2 Å². The predicted molar refractivity (Wildman–Crippen MR) is 68.1 cm³/mol. The van der Waals surface area contributed by atoms with Crippen molar-refractivity contribution in [3.8, 4) is 5.75 Å². The van der Waals surface area contributed by atoms with E-state index in [-0.39, 0.29) is 18.2 Å². The summed E-state index contributed by atoms with van der Waals surface area (Å²) in [5.41, 5.74) is 6.70. The minimum absolute atomic E-state index is 0.0244. The molecule has 0 aliphatic rings. The van der Waals surface area contributed by atoms with Crippen LogP contribution in [0, 0.1) is 17.0 Å². The van der Waals surface area contributed by atoms with Crippen molar-refractivity contribution in [1.29, 1.82) is 5.41 Å². The fourth-order valence-electron chi connectivity index (χ4n) is 1.53. The monoisotopic (exact) mass is 262 g/mol. The largest absolute Gasteiger partial charge is 0.486 e. The molecule has 2 rings (SSSR count). The van der Waals surface area contributed by atoms with E-state index in [1.807, 2.05) is 0 Å². The molecule has 2 aromatic rings. The molecule has 98 valence electrons. The third-order valence-corrected chi connectivity index (χ3v) is 2.55. The van der Waals surface area contributed by atoms with Crippen LogP contribution in [0.1, 0.15) is 11.1 Å². The summed E-state index contributed by atoms with van der Waals surface area (Å²) in [4.78, 5) is 0. The Bertz CT molecular complexity index is 597. The molecule has 3 N–H and O–H groups in total. The van der Waals surface area contributed by atoms with Gasteiger partial charge in [-0.2, -0.15) is 0 Å². The standard InChI is InChI=1S/C14H12F2N2O/c15-11-5-6-12(16)13(7-11)19-8-9-1-3-10(4-2-9)14(17)18/h1-7H,8H2,(H3,17,18). The Hall–Kier alpha value is -2.43. The van der Waals surface area contributed by atoms with Crippen LogP contribution < -0.4 is 10.5 Å². The van der Waals surface area contributed by atoms with Gasteiger partial charge in [0, 0.05) is 11.6 Å². The topological polar surface area (TPSA) is 59.1 Å². The lowest BCUT2D eigenvalue weighted by Gasteiger charge is -2.08. The summed E-state index contributed by atoms with van der Waals surface area (Å²) in [6.07, 6.45) is 0. The molecule has 3 nitrogen and oxygen atoms in total. The Morgan fingerprint density at radius 1 is 1.11 bits per heavy atom. The van der Waals surface area contributed by atoms with E-state index in [1.165, 1.54) is 0 Å². The number of benzene rings is 2. The second-order valence-electron chi connectivity index (χ2n) is 3.97.